The molecule has 0 atom stereocenters. The van der Waals surface area contributed by atoms with E-state index < -0.39 is 5.60 Å². The maximum Gasteiger partial charge on any atom is 0.207 e. The van der Waals surface area contributed by atoms with Crippen molar-refractivity contribution in [3.8, 4) is 0 Å². The van der Waals surface area contributed by atoms with Gasteiger partial charge in [0.1, 0.15) is 0 Å². The van der Waals surface area contributed by atoms with E-state index in [9.17, 15) is 15.2 Å². The highest BCUT2D eigenvalue weighted by molar-refractivity contribution is 5.91. The van der Waals surface area contributed by atoms with Crippen molar-refractivity contribution in [1.29, 1.82) is 0 Å². The molecule has 2 aromatic rings. The third-order valence-corrected chi connectivity index (χ3v) is 3.05. The lowest BCUT2D eigenvalue weighted by atomic mass is 10.0. The standard InChI is InChI=1S/C15H18N2O3/c1-15(2,18)8-6-11-4-3-5-13-14(11)12(10-16-13)7-9-17(19)20/h3-6,8,10,16,18H,7,9H2,1-2H3/b8-6-. The fourth-order valence-corrected chi connectivity index (χ4v) is 2.13. The minimum atomic E-state index is -0.889. The molecule has 0 bridgehead atoms. The van der Waals surface area contributed by atoms with Crippen LogP contribution in [0.4, 0.5) is 0 Å². The predicted molar refractivity (Wildman–Crippen MR) is 79.2 cm³/mol. The van der Waals surface area contributed by atoms with Gasteiger partial charge < -0.3 is 10.1 Å². The predicted octanol–water partition coefficient (Wildman–Crippen LogP) is 2.77. The molecule has 0 saturated heterocycles. The zero-order chi connectivity index (χ0) is 14.8. The van der Waals surface area contributed by atoms with Gasteiger partial charge >= 0.3 is 0 Å². The van der Waals surface area contributed by atoms with Crippen LogP contribution in [-0.2, 0) is 6.42 Å². The third kappa shape index (κ3) is 3.45. The lowest BCUT2D eigenvalue weighted by Gasteiger charge is -2.10. The first kappa shape index (κ1) is 14.3. The molecule has 0 spiro atoms. The number of hydrogen-bond acceptors (Lipinski definition) is 3. The second-order valence-electron chi connectivity index (χ2n) is 5.38. The van der Waals surface area contributed by atoms with Crippen LogP contribution in [0.1, 0.15) is 25.0 Å². The molecule has 0 aliphatic carbocycles. The van der Waals surface area contributed by atoms with E-state index in [0.717, 1.165) is 22.0 Å². The van der Waals surface area contributed by atoms with Crippen LogP contribution in [0.2, 0.25) is 0 Å². The summed E-state index contributed by atoms with van der Waals surface area (Å²) in [7, 11) is 0. The number of nitro groups is 1. The summed E-state index contributed by atoms with van der Waals surface area (Å²) in [6, 6.07) is 5.79. The molecule has 0 saturated carbocycles. The van der Waals surface area contributed by atoms with E-state index in [2.05, 4.69) is 4.98 Å². The lowest BCUT2D eigenvalue weighted by Crippen LogP contribution is -2.13. The van der Waals surface area contributed by atoms with Gasteiger partial charge in [0.25, 0.3) is 0 Å². The highest BCUT2D eigenvalue weighted by Crippen LogP contribution is 2.25. The Kier molecular flexibility index (Phi) is 3.90. The number of hydrogen-bond donors (Lipinski definition) is 2. The van der Waals surface area contributed by atoms with Crippen molar-refractivity contribution in [1.82, 2.24) is 4.98 Å². The minimum Gasteiger partial charge on any atom is -0.386 e. The van der Waals surface area contributed by atoms with E-state index in [4.69, 9.17) is 0 Å². The Labute approximate surface area is 117 Å². The van der Waals surface area contributed by atoms with Crippen LogP contribution >= 0.6 is 0 Å². The van der Waals surface area contributed by atoms with Crippen molar-refractivity contribution < 1.29 is 10.0 Å². The molecule has 0 aliphatic heterocycles. The summed E-state index contributed by atoms with van der Waals surface area (Å²) in [5, 5.41) is 21.3. The molecule has 0 amide bonds. The molecule has 0 aliphatic rings. The fourth-order valence-electron chi connectivity index (χ4n) is 2.13. The molecule has 2 N–H and O–H groups in total. The second kappa shape index (κ2) is 5.46. The molecule has 2 rings (SSSR count). The van der Waals surface area contributed by atoms with Crippen LogP contribution in [0.25, 0.3) is 17.0 Å². The maximum absolute atomic E-state index is 10.5. The van der Waals surface area contributed by atoms with Gasteiger partial charge in [-0.1, -0.05) is 24.3 Å². The van der Waals surface area contributed by atoms with E-state index in [1.54, 1.807) is 19.9 Å². The van der Waals surface area contributed by atoms with Crippen LogP contribution in [-0.4, -0.2) is 27.2 Å². The van der Waals surface area contributed by atoms with Crippen molar-refractivity contribution in [3.63, 3.8) is 0 Å². The summed E-state index contributed by atoms with van der Waals surface area (Å²) in [5.74, 6) is 0. The SMILES string of the molecule is CC(C)(O)/C=C\c1cccc2[nH]cc(CC[N+](=O)[O-])c12. The van der Waals surface area contributed by atoms with E-state index in [-0.39, 0.29) is 11.5 Å². The van der Waals surface area contributed by atoms with Crippen molar-refractivity contribution in [3.05, 3.63) is 51.7 Å². The first-order valence-electron chi connectivity index (χ1n) is 6.49. The molecular formula is C15H18N2O3. The molecule has 1 aromatic heterocycles. The number of aromatic nitrogens is 1. The van der Waals surface area contributed by atoms with Gasteiger partial charge in [0.05, 0.1) is 5.60 Å². The van der Waals surface area contributed by atoms with Crippen molar-refractivity contribution in [2.45, 2.75) is 25.9 Å². The second-order valence-corrected chi connectivity index (χ2v) is 5.38. The smallest absolute Gasteiger partial charge is 0.207 e. The molecule has 5 nitrogen and oxygen atoms in total. The van der Waals surface area contributed by atoms with Crippen molar-refractivity contribution in [2.24, 2.45) is 0 Å². The Bertz CT molecular complexity index is 651. The van der Waals surface area contributed by atoms with Gasteiger partial charge in [-0.05, 0) is 31.0 Å². The van der Waals surface area contributed by atoms with Gasteiger partial charge in [-0.3, -0.25) is 10.1 Å². The van der Waals surface area contributed by atoms with E-state index in [0.29, 0.717) is 6.42 Å². The highest BCUT2D eigenvalue weighted by Gasteiger charge is 2.11. The first-order valence-corrected chi connectivity index (χ1v) is 6.49. The number of benzene rings is 1. The van der Waals surface area contributed by atoms with Gasteiger partial charge in [-0.25, -0.2) is 0 Å². The third-order valence-electron chi connectivity index (χ3n) is 3.05. The highest BCUT2D eigenvalue weighted by atomic mass is 16.6. The van der Waals surface area contributed by atoms with E-state index in [1.807, 2.05) is 30.5 Å². The largest absolute Gasteiger partial charge is 0.386 e. The van der Waals surface area contributed by atoms with Crippen LogP contribution < -0.4 is 0 Å². The molecule has 0 fully saturated rings. The number of nitrogens with zero attached hydrogens (tertiary/aromatic N) is 1. The van der Waals surface area contributed by atoms with Crippen molar-refractivity contribution >= 4 is 17.0 Å². The minimum absolute atomic E-state index is 0.0868. The van der Waals surface area contributed by atoms with Gasteiger partial charge in [-0.2, -0.15) is 0 Å². The zero-order valence-corrected chi connectivity index (χ0v) is 11.6. The topological polar surface area (TPSA) is 79.2 Å². The van der Waals surface area contributed by atoms with Crippen LogP contribution in [0, 0.1) is 10.1 Å². The summed E-state index contributed by atoms with van der Waals surface area (Å²) < 4.78 is 0. The molecule has 0 radical (unpaired) electrons. The summed E-state index contributed by atoms with van der Waals surface area (Å²) in [6.45, 7) is 3.32. The number of fused-ring (bicyclic) bond motifs is 1. The number of aliphatic hydroxyl groups is 1. The van der Waals surface area contributed by atoms with Gasteiger partial charge in [0.2, 0.25) is 6.54 Å². The Balaban J connectivity index is 2.41. The Morgan fingerprint density at radius 3 is 2.85 bits per heavy atom. The van der Waals surface area contributed by atoms with Crippen LogP contribution in [0.5, 0.6) is 0 Å². The quantitative estimate of drug-likeness (QED) is 0.650. The lowest BCUT2D eigenvalue weighted by molar-refractivity contribution is -0.479. The van der Waals surface area contributed by atoms with Gasteiger partial charge in [-0.15, -0.1) is 0 Å². The first-order chi connectivity index (χ1) is 9.37. The molecule has 106 valence electrons. The van der Waals surface area contributed by atoms with Gasteiger partial charge in [0.15, 0.2) is 0 Å². The van der Waals surface area contributed by atoms with Crippen LogP contribution in [0.15, 0.2) is 30.5 Å². The van der Waals surface area contributed by atoms with Crippen LogP contribution in [0.3, 0.4) is 0 Å². The number of aromatic amines is 1. The zero-order valence-electron chi connectivity index (χ0n) is 11.6. The molecule has 5 heteroatoms. The molecule has 1 aromatic carbocycles. The Hall–Kier alpha value is -2.14. The molecule has 0 unspecified atom stereocenters. The van der Waals surface area contributed by atoms with E-state index >= 15 is 0 Å². The summed E-state index contributed by atoms with van der Waals surface area (Å²) >= 11 is 0. The average molecular weight is 274 g/mol. The Morgan fingerprint density at radius 2 is 2.20 bits per heavy atom. The molecule has 1 heterocycles. The fraction of sp³-hybridized carbons (Fsp3) is 0.333. The summed E-state index contributed by atoms with van der Waals surface area (Å²) in [6.07, 6.45) is 5.77. The molecule has 20 heavy (non-hydrogen) atoms. The van der Waals surface area contributed by atoms with E-state index in [1.165, 1.54) is 0 Å². The normalized spacial score (nSPS) is 12.3. The number of rotatable bonds is 5. The van der Waals surface area contributed by atoms with Gasteiger partial charge in [0, 0.05) is 28.4 Å². The number of nitrogens with one attached hydrogen (secondary N) is 1. The summed E-state index contributed by atoms with van der Waals surface area (Å²) in [5.41, 5.74) is 1.93. The Morgan fingerprint density at radius 1 is 1.45 bits per heavy atom. The van der Waals surface area contributed by atoms with Crippen molar-refractivity contribution in [2.75, 3.05) is 6.54 Å². The summed E-state index contributed by atoms with van der Waals surface area (Å²) in [4.78, 5) is 13.3. The number of H-pyrrole nitrogens is 1. The monoisotopic (exact) mass is 274 g/mol. The molecular weight excluding hydrogens is 256 g/mol. The maximum atomic E-state index is 10.5. The average Bonchev–Trinajstić information content (AvgIpc) is 2.76.